The highest BCUT2D eigenvalue weighted by Crippen LogP contribution is 2.27. The molecule has 0 unspecified atom stereocenters. The molecule has 0 saturated carbocycles. The number of benzene rings is 1. The first-order valence-electron chi connectivity index (χ1n) is 6.97. The molecular weight excluding hydrogens is 266 g/mol. The van der Waals surface area contributed by atoms with Gasteiger partial charge in [-0.1, -0.05) is 6.07 Å². The second kappa shape index (κ2) is 6.63. The Balaban J connectivity index is 2.00. The highest BCUT2D eigenvalue weighted by atomic mass is 16.5. The minimum atomic E-state index is 0.750. The molecule has 114 valence electrons. The number of hydrogen-bond acceptors (Lipinski definition) is 4. The molecule has 0 aliphatic rings. The van der Waals surface area contributed by atoms with E-state index in [9.17, 15) is 0 Å². The van der Waals surface area contributed by atoms with Crippen molar-refractivity contribution in [2.45, 2.75) is 26.9 Å². The fourth-order valence-electron chi connectivity index (χ4n) is 2.40. The lowest BCUT2D eigenvalue weighted by Gasteiger charge is -2.10. The molecule has 0 aliphatic heterocycles. The van der Waals surface area contributed by atoms with Crippen molar-refractivity contribution < 1.29 is 9.47 Å². The second-order valence-electron chi connectivity index (χ2n) is 5.07. The van der Waals surface area contributed by atoms with Crippen LogP contribution in [0.1, 0.15) is 22.5 Å². The summed E-state index contributed by atoms with van der Waals surface area (Å²) in [6.07, 6.45) is 0. The number of methoxy groups -OCH3 is 2. The average molecular weight is 289 g/mol. The van der Waals surface area contributed by atoms with Crippen LogP contribution in [0.3, 0.4) is 0 Å². The number of nitrogens with one attached hydrogen (secondary N) is 1. The van der Waals surface area contributed by atoms with Crippen molar-refractivity contribution in [3.63, 3.8) is 0 Å². The zero-order valence-corrected chi connectivity index (χ0v) is 13.4. The van der Waals surface area contributed by atoms with E-state index in [-0.39, 0.29) is 0 Å². The van der Waals surface area contributed by atoms with Gasteiger partial charge in [-0.05, 0) is 31.5 Å². The first kappa shape index (κ1) is 15.4. The Morgan fingerprint density at radius 2 is 1.81 bits per heavy atom. The zero-order valence-electron chi connectivity index (χ0n) is 13.4. The quantitative estimate of drug-likeness (QED) is 0.887. The predicted octanol–water partition coefficient (Wildman–Crippen LogP) is 2.34. The van der Waals surface area contributed by atoms with Gasteiger partial charge < -0.3 is 14.8 Å². The van der Waals surface area contributed by atoms with Crippen LogP contribution < -0.4 is 14.8 Å². The Morgan fingerprint density at radius 3 is 2.38 bits per heavy atom. The van der Waals surface area contributed by atoms with Crippen molar-refractivity contribution in [3.8, 4) is 11.5 Å². The van der Waals surface area contributed by atoms with Gasteiger partial charge in [0.05, 0.1) is 19.9 Å². The molecule has 1 N–H and O–H groups in total. The highest BCUT2D eigenvalue weighted by molar-refractivity contribution is 5.42. The fraction of sp³-hybridized carbons (Fsp3) is 0.438. The molecule has 1 heterocycles. The number of rotatable bonds is 6. The summed E-state index contributed by atoms with van der Waals surface area (Å²) in [4.78, 5) is 0. The van der Waals surface area contributed by atoms with Gasteiger partial charge in [-0.25, -0.2) is 0 Å². The SMILES string of the molecule is COc1ccc(CNCc2c(C)nn(C)c2C)cc1OC. The summed E-state index contributed by atoms with van der Waals surface area (Å²) >= 11 is 0. The van der Waals surface area contributed by atoms with Gasteiger partial charge in [0.2, 0.25) is 0 Å². The first-order valence-corrected chi connectivity index (χ1v) is 6.97. The Bertz CT molecular complexity index is 620. The first-order chi connectivity index (χ1) is 10.1. The van der Waals surface area contributed by atoms with E-state index in [0.29, 0.717) is 0 Å². The minimum Gasteiger partial charge on any atom is -0.493 e. The molecule has 0 atom stereocenters. The maximum atomic E-state index is 5.32. The van der Waals surface area contributed by atoms with Gasteiger partial charge in [0.15, 0.2) is 11.5 Å². The van der Waals surface area contributed by atoms with Crippen LogP contribution in [0.4, 0.5) is 0 Å². The lowest BCUT2D eigenvalue weighted by atomic mass is 10.1. The summed E-state index contributed by atoms with van der Waals surface area (Å²) in [5.74, 6) is 1.51. The topological polar surface area (TPSA) is 48.3 Å². The van der Waals surface area contributed by atoms with E-state index < -0.39 is 0 Å². The van der Waals surface area contributed by atoms with Crippen molar-refractivity contribution in [2.75, 3.05) is 14.2 Å². The summed E-state index contributed by atoms with van der Waals surface area (Å²) < 4.78 is 12.5. The van der Waals surface area contributed by atoms with E-state index in [1.54, 1.807) is 14.2 Å². The minimum absolute atomic E-state index is 0.750. The number of nitrogens with zero attached hydrogens (tertiary/aromatic N) is 2. The van der Waals surface area contributed by atoms with E-state index >= 15 is 0 Å². The van der Waals surface area contributed by atoms with E-state index in [2.05, 4.69) is 17.3 Å². The van der Waals surface area contributed by atoms with Gasteiger partial charge >= 0.3 is 0 Å². The molecule has 1 aromatic carbocycles. The van der Waals surface area contributed by atoms with Crippen LogP contribution in [0.5, 0.6) is 11.5 Å². The molecule has 21 heavy (non-hydrogen) atoms. The Labute approximate surface area is 125 Å². The molecule has 2 rings (SSSR count). The van der Waals surface area contributed by atoms with Gasteiger partial charge in [-0.15, -0.1) is 0 Å². The van der Waals surface area contributed by atoms with Crippen LogP contribution in [0.2, 0.25) is 0 Å². The number of aromatic nitrogens is 2. The number of aryl methyl sites for hydroxylation is 2. The van der Waals surface area contributed by atoms with Crippen LogP contribution in [-0.2, 0) is 20.1 Å². The summed E-state index contributed by atoms with van der Waals surface area (Å²) in [6.45, 7) is 5.71. The molecule has 0 amide bonds. The highest BCUT2D eigenvalue weighted by Gasteiger charge is 2.09. The van der Waals surface area contributed by atoms with Crippen molar-refractivity contribution in [2.24, 2.45) is 7.05 Å². The predicted molar refractivity (Wildman–Crippen MR) is 82.8 cm³/mol. The molecule has 0 aliphatic carbocycles. The maximum absolute atomic E-state index is 5.32. The molecule has 1 aromatic heterocycles. The third kappa shape index (κ3) is 3.36. The van der Waals surface area contributed by atoms with Gasteiger partial charge in [0.25, 0.3) is 0 Å². The second-order valence-corrected chi connectivity index (χ2v) is 5.07. The van der Waals surface area contributed by atoms with Crippen LogP contribution in [0.15, 0.2) is 18.2 Å². The molecule has 5 nitrogen and oxygen atoms in total. The maximum Gasteiger partial charge on any atom is 0.161 e. The normalized spacial score (nSPS) is 10.7. The van der Waals surface area contributed by atoms with Gasteiger partial charge in [-0.2, -0.15) is 5.10 Å². The van der Waals surface area contributed by atoms with Gasteiger partial charge in [-0.3, -0.25) is 4.68 Å². The van der Waals surface area contributed by atoms with E-state index in [1.165, 1.54) is 11.3 Å². The van der Waals surface area contributed by atoms with Crippen LogP contribution in [0, 0.1) is 13.8 Å². The molecule has 0 radical (unpaired) electrons. The standard InChI is InChI=1S/C16H23N3O2/c1-11-14(12(2)19(3)18-11)10-17-9-13-6-7-15(20-4)16(8-13)21-5/h6-8,17H,9-10H2,1-5H3. The summed E-state index contributed by atoms with van der Waals surface area (Å²) in [5.41, 5.74) is 4.70. The molecule has 0 saturated heterocycles. The number of hydrogen-bond donors (Lipinski definition) is 1. The average Bonchev–Trinajstić information content (AvgIpc) is 2.73. The van der Waals surface area contributed by atoms with E-state index in [1.807, 2.05) is 36.9 Å². The summed E-state index contributed by atoms with van der Waals surface area (Å²) in [6, 6.07) is 5.96. The van der Waals surface area contributed by atoms with Gasteiger partial charge in [0, 0.05) is 31.4 Å². The molecule has 0 spiro atoms. The molecule has 5 heteroatoms. The van der Waals surface area contributed by atoms with E-state index in [4.69, 9.17) is 9.47 Å². The van der Waals surface area contributed by atoms with Crippen LogP contribution in [0.25, 0.3) is 0 Å². The Morgan fingerprint density at radius 1 is 1.10 bits per heavy atom. The zero-order chi connectivity index (χ0) is 15.4. The Hall–Kier alpha value is -2.01. The monoisotopic (exact) mass is 289 g/mol. The van der Waals surface area contributed by atoms with Crippen molar-refractivity contribution in [1.82, 2.24) is 15.1 Å². The van der Waals surface area contributed by atoms with E-state index in [0.717, 1.165) is 35.8 Å². The molecule has 0 fully saturated rings. The largest absolute Gasteiger partial charge is 0.493 e. The molecule has 2 aromatic rings. The lowest BCUT2D eigenvalue weighted by Crippen LogP contribution is -2.14. The smallest absolute Gasteiger partial charge is 0.161 e. The van der Waals surface area contributed by atoms with Crippen molar-refractivity contribution in [1.29, 1.82) is 0 Å². The molecule has 0 bridgehead atoms. The van der Waals surface area contributed by atoms with Gasteiger partial charge in [0.1, 0.15) is 0 Å². The van der Waals surface area contributed by atoms with Crippen molar-refractivity contribution >= 4 is 0 Å². The lowest BCUT2D eigenvalue weighted by molar-refractivity contribution is 0.354. The summed E-state index contributed by atoms with van der Waals surface area (Å²) in [5, 5.41) is 7.88. The van der Waals surface area contributed by atoms with Crippen LogP contribution >= 0.6 is 0 Å². The van der Waals surface area contributed by atoms with Crippen molar-refractivity contribution in [3.05, 3.63) is 40.7 Å². The fourth-order valence-corrected chi connectivity index (χ4v) is 2.40. The number of ether oxygens (including phenoxy) is 2. The van der Waals surface area contributed by atoms with Crippen LogP contribution in [-0.4, -0.2) is 24.0 Å². The summed E-state index contributed by atoms with van der Waals surface area (Å²) in [7, 11) is 5.27. The third-order valence-corrected chi connectivity index (χ3v) is 3.74. The Kier molecular flexibility index (Phi) is 4.85. The molecular formula is C16H23N3O2. The third-order valence-electron chi connectivity index (χ3n) is 3.74.